The number of hydrogen-bond acceptors (Lipinski definition) is 4. The van der Waals surface area contributed by atoms with Crippen molar-refractivity contribution in [1.29, 1.82) is 0 Å². The van der Waals surface area contributed by atoms with Gasteiger partial charge in [-0.05, 0) is 31.6 Å². The first kappa shape index (κ1) is 27.0. The summed E-state index contributed by atoms with van der Waals surface area (Å²) >= 11 is 1.23. The van der Waals surface area contributed by atoms with Crippen LogP contribution < -0.4 is 0 Å². The first-order valence-corrected chi connectivity index (χ1v) is 12.9. The third-order valence-electron chi connectivity index (χ3n) is 6.00. The van der Waals surface area contributed by atoms with Crippen molar-refractivity contribution in [3.63, 3.8) is 0 Å². The molecule has 0 aromatic rings. The smallest absolute Gasteiger partial charge is 0.313 e. The summed E-state index contributed by atoms with van der Waals surface area (Å²) in [7, 11) is 0. The number of allylic oxidation sites excluding steroid dienone is 1. The molecule has 1 saturated carbocycles. The van der Waals surface area contributed by atoms with E-state index in [1.165, 1.54) is 76.0 Å². The highest BCUT2D eigenvalue weighted by Crippen LogP contribution is 2.38. The number of aliphatic hydroxyl groups excluding tert-OH is 1. The second-order valence-electron chi connectivity index (χ2n) is 8.62. The molecule has 0 aromatic heterocycles. The number of carbonyl (C=O) groups is 2. The van der Waals surface area contributed by atoms with Crippen LogP contribution in [0.3, 0.4) is 0 Å². The highest BCUT2D eigenvalue weighted by atomic mass is 32.2. The molecule has 0 radical (unpaired) electrons. The van der Waals surface area contributed by atoms with Crippen molar-refractivity contribution in [2.45, 2.75) is 115 Å². The molecule has 1 rings (SSSR count). The van der Waals surface area contributed by atoms with Crippen LogP contribution >= 0.6 is 11.8 Å². The topological polar surface area (TPSA) is 94.8 Å². The molecular formula is C24H42O5S. The molecule has 30 heavy (non-hydrogen) atoms. The van der Waals surface area contributed by atoms with Crippen molar-refractivity contribution in [1.82, 2.24) is 0 Å². The molecule has 3 N–H and O–H groups in total. The number of aliphatic carboxylic acids is 2. The summed E-state index contributed by atoms with van der Waals surface area (Å²) < 4.78 is 0. The molecule has 0 saturated heterocycles. The Morgan fingerprint density at radius 1 is 0.933 bits per heavy atom. The van der Waals surface area contributed by atoms with Crippen LogP contribution in [0.15, 0.2) is 11.6 Å². The number of carboxylic acid groups (broad SMARTS) is 2. The van der Waals surface area contributed by atoms with Crippen LogP contribution in [-0.4, -0.2) is 44.4 Å². The Labute approximate surface area is 186 Å². The zero-order valence-electron chi connectivity index (χ0n) is 18.7. The fraction of sp³-hybridized carbons (Fsp3) is 0.833. The van der Waals surface area contributed by atoms with E-state index in [0.717, 1.165) is 24.8 Å². The van der Waals surface area contributed by atoms with Gasteiger partial charge in [0, 0.05) is 0 Å². The van der Waals surface area contributed by atoms with Crippen molar-refractivity contribution in [2.24, 2.45) is 5.92 Å². The number of thioether (sulfide) groups is 1. The van der Waals surface area contributed by atoms with Crippen LogP contribution in [0.4, 0.5) is 0 Å². The first-order valence-electron chi connectivity index (χ1n) is 11.9. The molecule has 0 spiro atoms. The summed E-state index contributed by atoms with van der Waals surface area (Å²) in [5.41, 5.74) is 1.10. The normalized spacial score (nSPS) is 23.0. The Bertz CT molecular complexity index is 520. The standard InChI is InChI=1S/C24H42O5S/c1-2-3-4-5-6-7-8-9-10-11-12-13-14-19-15-16-20(17-21(25)26)23(29)24(19)30-18-22(27)28/h14,20,23-24,29H,2-13,15-18H2,1H3,(H,25,26)(H,27,28)/b19-14+/t20-,23+,24+/m1/s1. The minimum Gasteiger partial charge on any atom is -0.481 e. The van der Waals surface area contributed by atoms with Crippen LogP contribution in [0.5, 0.6) is 0 Å². The van der Waals surface area contributed by atoms with Crippen LogP contribution in [0.2, 0.25) is 0 Å². The number of unbranched alkanes of at least 4 members (excludes halogenated alkanes) is 11. The molecular weight excluding hydrogens is 400 g/mol. The Morgan fingerprint density at radius 2 is 1.50 bits per heavy atom. The van der Waals surface area contributed by atoms with E-state index < -0.39 is 18.0 Å². The van der Waals surface area contributed by atoms with Gasteiger partial charge in [0.15, 0.2) is 0 Å². The zero-order valence-corrected chi connectivity index (χ0v) is 19.5. The number of hydrogen-bond donors (Lipinski definition) is 3. The minimum absolute atomic E-state index is 0.0584. The second-order valence-corrected chi connectivity index (χ2v) is 9.75. The summed E-state index contributed by atoms with van der Waals surface area (Å²) in [5, 5.41) is 28.4. The molecule has 6 heteroatoms. The molecule has 0 bridgehead atoms. The van der Waals surface area contributed by atoms with Gasteiger partial charge in [-0.25, -0.2) is 0 Å². The summed E-state index contributed by atoms with van der Waals surface area (Å²) in [6.07, 6.45) is 18.0. The lowest BCUT2D eigenvalue weighted by molar-refractivity contribution is -0.139. The van der Waals surface area contributed by atoms with E-state index in [-0.39, 0.29) is 23.3 Å². The highest BCUT2D eigenvalue weighted by Gasteiger charge is 2.36. The van der Waals surface area contributed by atoms with Gasteiger partial charge >= 0.3 is 11.9 Å². The van der Waals surface area contributed by atoms with Gasteiger partial charge in [0.2, 0.25) is 0 Å². The predicted molar refractivity (Wildman–Crippen MR) is 124 cm³/mol. The SMILES string of the molecule is CCCCCCCCCCCCC/C=C1\CC[C@H](CC(=O)O)[C@H](O)[C@H]1SCC(=O)O. The van der Waals surface area contributed by atoms with E-state index in [1.807, 2.05) is 0 Å². The lowest BCUT2D eigenvalue weighted by Gasteiger charge is -2.36. The van der Waals surface area contributed by atoms with Crippen LogP contribution in [0.25, 0.3) is 0 Å². The van der Waals surface area contributed by atoms with E-state index >= 15 is 0 Å². The monoisotopic (exact) mass is 442 g/mol. The second kappa shape index (κ2) is 16.7. The average Bonchev–Trinajstić information content (AvgIpc) is 2.69. The molecule has 0 unspecified atom stereocenters. The number of carboxylic acids is 2. The average molecular weight is 443 g/mol. The Kier molecular flexibility index (Phi) is 15.0. The van der Waals surface area contributed by atoms with E-state index in [0.29, 0.717) is 6.42 Å². The maximum Gasteiger partial charge on any atom is 0.313 e. The summed E-state index contributed by atoms with van der Waals surface area (Å²) in [5.74, 6) is -2.18. The highest BCUT2D eigenvalue weighted by molar-refractivity contribution is 8.00. The van der Waals surface area contributed by atoms with Crippen LogP contribution in [0, 0.1) is 5.92 Å². The molecule has 1 aliphatic carbocycles. The zero-order chi connectivity index (χ0) is 22.2. The molecule has 0 aromatic carbocycles. The lowest BCUT2D eigenvalue weighted by atomic mass is 9.80. The Hall–Kier alpha value is -1.01. The van der Waals surface area contributed by atoms with Gasteiger partial charge in [0.25, 0.3) is 0 Å². The van der Waals surface area contributed by atoms with E-state index in [4.69, 9.17) is 10.2 Å². The minimum atomic E-state index is -0.908. The molecule has 0 heterocycles. The number of aliphatic hydroxyl groups is 1. The fourth-order valence-electron chi connectivity index (χ4n) is 4.26. The maximum atomic E-state index is 11.0. The molecule has 5 nitrogen and oxygen atoms in total. The quantitative estimate of drug-likeness (QED) is 0.188. The molecule has 3 atom stereocenters. The van der Waals surface area contributed by atoms with E-state index in [2.05, 4.69) is 13.0 Å². The van der Waals surface area contributed by atoms with Crippen LogP contribution in [-0.2, 0) is 9.59 Å². The Balaban J connectivity index is 2.30. The van der Waals surface area contributed by atoms with Gasteiger partial charge in [-0.3, -0.25) is 9.59 Å². The fourth-order valence-corrected chi connectivity index (χ4v) is 5.43. The van der Waals surface area contributed by atoms with Gasteiger partial charge in [0.05, 0.1) is 23.5 Å². The first-order chi connectivity index (χ1) is 14.5. The summed E-state index contributed by atoms with van der Waals surface area (Å²) in [6, 6.07) is 0. The van der Waals surface area contributed by atoms with Crippen molar-refractivity contribution in [3.05, 3.63) is 11.6 Å². The van der Waals surface area contributed by atoms with E-state index in [9.17, 15) is 14.7 Å². The largest absolute Gasteiger partial charge is 0.481 e. The van der Waals surface area contributed by atoms with Crippen molar-refractivity contribution >= 4 is 23.7 Å². The van der Waals surface area contributed by atoms with Gasteiger partial charge in [-0.1, -0.05) is 82.8 Å². The summed E-state index contributed by atoms with van der Waals surface area (Å²) in [4.78, 5) is 22.0. The third-order valence-corrected chi connectivity index (χ3v) is 7.35. The van der Waals surface area contributed by atoms with E-state index in [1.54, 1.807) is 0 Å². The molecule has 174 valence electrons. The van der Waals surface area contributed by atoms with Gasteiger partial charge in [-0.2, -0.15) is 0 Å². The maximum absolute atomic E-state index is 11.0. The molecule has 1 fully saturated rings. The molecule has 1 aliphatic rings. The third kappa shape index (κ3) is 12.0. The Morgan fingerprint density at radius 3 is 2.03 bits per heavy atom. The van der Waals surface area contributed by atoms with Crippen molar-refractivity contribution in [2.75, 3.05) is 5.75 Å². The lowest BCUT2D eigenvalue weighted by Crippen LogP contribution is -2.38. The van der Waals surface area contributed by atoms with Crippen LogP contribution in [0.1, 0.15) is 103 Å². The van der Waals surface area contributed by atoms with Crippen molar-refractivity contribution < 1.29 is 24.9 Å². The predicted octanol–water partition coefficient (Wildman–Crippen LogP) is 6.05. The van der Waals surface area contributed by atoms with Gasteiger partial charge in [-0.15, -0.1) is 11.8 Å². The van der Waals surface area contributed by atoms with Gasteiger partial charge in [0.1, 0.15) is 0 Å². The molecule has 0 aliphatic heterocycles. The number of rotatable bonds is 17. The summed E-state index contributed by atoms with van der Waals surface area (Å²) in [6.45, 7) is 2.25. The van der Waals surface area contributed by atoms with Crippen molar-refractivity contribution in [3.8, 4) is 0 Å². The molecule has 0 amide bonds. The van der Waals surface area contributed by atoms with Gasteiger partial charge < -0.3 is 15.3 Å².